The summed E-state index contributed by atoms with van der Waals surface area (Å²) in [6.07, 6.45) is 6.75. The third kappa shape index (κ3) is 2.90. The van der Waals surface area contributed by atoms with Crippen molar-refractivity contribution in [1.29, 1.82) is 0 Å². The molecular weight excluding hydrogens is 208 g/mol. The lowest BCUT2D eigenvalue weighted by atomic mass is 9.79. The number of hydrogen-bond acceptors (Lipinski definition) is 1. The lowest BCUT2D eigenvalue weighted by Crippen LogP contribution is -2.15. The first-order valence-electron chi connectivity index (χ1n) is 7.04. The van der Waals surface area contributed by atoms with Gasteiger partial charge in [0.05, 0.1) is 6.10 Å². The summed E-state index contributed by atoms with van der Waals surface area (Å²) in [4.78, 5) is 0. The van der Waals surface area contributed by atoms with Gasteiger partial charge in [-0.2, -0.15) is 0 Å². The van der Waals surface area contributed by atoms with Crippen molar-refractivity contribution in [3.05, 3.63) is 34.9 Å². The molecule has 1 unspecified atom stereocenters. The Balaban J connectivity index is 2.15. The second-order valence-corrected chi connectivity index (χ2v) is 5.29. The summed E-state index contributed by atoms with van der Waals surface area (Å²) in [6.45, 7) is 4.34. The van der Waals surface area contributed by atoms with Crippen LogP contribution in [0.4, 0.5) is 0 Å². The van der Waals surface area contributed by atoms with Crippen LogP contribution in [0.15, 0.2) is 18.2 Å². The molecule has 17 heavy (non-hydrogen) atoms. The van der Waals surface area contributed by atoms with Crippen LogP contribution in [0.1, 0.15) is 62.3 Å². The van der Waals surface area contributed by atoms with Crippen molar-refractivity contribution in [2.45, 2.75) is 58.5 Å². The number of aryl methyl sites for hydroxylation is 2. The van der Waals surface area contributed by atoms with Gasteiger partial charge in [0.15, 0.2) is 0 Å². The summed E-state index contributed by atoms with van der Waals surface area (Å²) >= 11 is 0. The maximum Gasteiger partial charge on any atom is 0.0795 e. The van der Waals surface area contributed by atoms with E-state index in [4.69, 9.17) is 0 Å². The number of rotatable bonds is 5. The molecule has 0 radical (unpaired) electrons. The van der Waals surface area contributed by atoms with Crippen LogP contribution in [0.25, 0.3) is 0 Å². The average Bonchev–Trinajstić information content (AvgIpc) is 2.32. The van der Waals surface area contributed by atoms with E-state index in [1.807, 2.05) is 0 Å². The van der Waals surface area contributed by atoms with Crippen molar-refractivity contribution in [1.82, 2.24) is 0 Å². The van der Waals surface area contributed by atoms with Crippen molar-refractivity contribution < 1.29 is 5.11 Å². The molecule has 1 fully saturated rings. The summed E-state index contributed by atoms with van der Waals surface area (Å²) in [5, 5.41) is 10.4. The Morgan fingerprint density at radius 1 is 1.24 bits per heavy atom. The molecule has 0 saturated heterocycles. The number of aliphatic hydroxyl groups excluding tert-OH is 1. The quantitative estimate of drug-likeness (QED) is 0.812. The fraction of sp³-hybridized carbons (Fsp3) is 0.625. The van der Waals surface area contributed by atoms with Crippen LogP contribution < -0.4 is 0 Å². The largest absolute Gasteiger partial charge is 0.388 e. The van der Waals surface area contributed by atoms with E-state index in [1.54, 1.807) is 0 Å². The molecule has 1 heteroatoms. The maximum atomic E-state index is 10.4. The molecule has 0 heterocycles. The molecule has 0 amide bonds. The normalized spacial score (nSPS) is 17.8. The van der Waals surface area contributed by atoms with E-state index in [0.717, 1.165) is 25.2 Å². The van der Waals surface area contributed by atoms with Crippen molar-refractivity contribution in [2.75, 3.05) is 0 Å². The lowest BCUT2D eigenvalue weighted by Gasteiger charge is -2.28. The molecule has 1 aliphatic rings. The van der Waals surface area contributed by atoms with Crippen molar-refractivity contribution in [3.8, 4) is 0 Å². The SMILES string of the molecule is CCc1ccc(CC)c(C(O)CC2CCC2)c1. The molecule has 1 N–H and O–H groups in total. The Morgan fingerprint density at radius 3 is 2.53 bits per heavy atom. The number of hydrogen-bond donors (Lipinski definition) is 1. The molecule has 1 aliphatic carbocycles. The third-order valence-electron chi connectivity index (χ3n) is 4.14. The number of benzene rings is 1. The second-order valence-electron chi connectivity index (χ2n) is 5.29. The van der Waals surface area contributed by atoms with Gasteiger partial charge >= 0.3 is 0 Å². The van der Waals surface area contributed by atoms with Crippen LogP contribution in [-0.4, -0.2) is 5.11 Å². The smallest absolute Gasteiger partial charge is 0.0795 e. The van der Waals surface area contributed by atoms with Crippen LogP contribution in [0.5, 0.6) is 0 Å². The van der Waals surface area contributed by atoms with Crippen molar-refractivity contribution in [2.24, 2.45) is 5.92 Å². The van der Waals surface area contributed by atoms with Gasteiger partial charge < -0.3 is 5.11 Å². The first kappa shape index (κ1) is 12.6. The molecule has 1 nitrogen and oxygen atoms in total. The predicted molar refractivity (Wildman–Crippen MR) is 72.1 cm³/mol. The van der Waals surface area contributed by atoms with Crippen LogP contribution >= 0.6 is 0 Å². The second kappa shape index (κ2) is 5.68. The maximum absolute atomic E-state index is 10.4. The van der Waals surface area contributed by atoms with Crippen molar-refractivity contribution in [3.63, 3.8) is 0 Å². The minimum atomic E-state index is -0.248. The fourth-order valence-electron chi connectivity index (χ4n) is 2.67. The summed E-state index contributed by atoms with van der Waals surface area (Å²) in [6, 6.07) is 6.60. The van der Waals surface area contributed by atoms with Gasteiger partial charge in [-0.05, 0) is 41.9 Å². The highest BCUT2D eigenvalue weighted by Gasteiger charge is 2.22. The Labute approximate surface area is 105 Å². The zero-order valence-electron chi connectivity index (χ0n) is 11.1. The van der Waals surface area contributed by atoms with E-state index in [-0.39, 0.29) is 6.10 Å². The predicted octanol–water partition coefficient (Wildman–Crippen LogP) is 4.04. The Hall–Kier alpha value is -0.820. The van der Waals surface area contributed by atoms with E-state index < -0.39 is 0 Å². The Morgan fingerprint density at radius 2 is 2.00 bits per heavy atom. The summed E-state index contributed by atoms with van der Waals surface area (Å²) in [7, 11) is 0. The highest BCUT2D eigenvalue weighted by Crippen LogP contribution is 2.35. The van der Waals surface area contributed by atoms with Crippen molar-refractivity contribution >= 4 is 0 Å². The molecule has 0 aliphatic heterocycles. The van der Waals surface area contributed by atoms with E-state index in [2.05, 4.69) is 32.0 Å². The van der Waals surface area contributed by atoms with E-state index in [9.17, 15) is 5.11 Å². The fourth-order valence-corrected chi connectivity index (χ4v) is 2.67. The van der Waals surface area contributed by atoms with Crippen LogP contribution in [0.2, 0.25) is 0 Å². The van der Waals surface area contributed by atoms with Gasteiger partial charge in [0.2, 0.25) is 0 Å². The molecule has 0 bridgehead atoms. The van der Waals surface area contributed by atoms with Gasteiger partial charge in [-0.25, -0.2) is 0 Å². The first-order valence-corrected chi connectivity index (χ1v) is 7.04. The summed E-state index contributed by atoms with van der Waals surface area (Å²) in [5.41, 5.74) is 3.83. The Kier molecular flexibility index (Phi) is 4.22. The Bertz CT molecular complexity index is 366. The van der Waals surface area contributed by atoms with Crippen LogP contribution in [0.3, 0.4) is 0 Å². The lowest BCUT2D eigenvalue weighted by molar-refractivity contribution is 0.117. The zero-order valence-corrected chi connectivity index (χ0v) is 11.1. The molecule has 1 atom stereocenters. The monoisotopic (exact) mass is 232 g/mol. The van der Waals surface area contributed by atoms with E-state index >= 15 is 0 Å². The van der Waals surface area contributed by atoms with Crippen LogP contribution in [0, 0.1) is 5.92 Å². The molecule has 1 aromatic carbocycles. The van der Waals surface area contributed by atoms with E-state index in [0.29, 0.717) is 0 Å². The van der Waals surface area contributed by atoms with Gasteiger partial charge in [0, 0.05) is 0 Å². The van der Waals surface area contributed by atoms with Gasteiger partial charge in [0.25, 0.3) is 0 Å². The first-order chi connectivity index (χ1) is 8.24. The van der Waals surface area contributed by atoms with Gasteiger partial charge in [0.1, 0.15) is 0 Å². The molecular formula is C16H24O. The average molecular weight is 232 g/mol. The van der Waals surface area contributed by atoms with Gasteiger partial charge in [-0.15, -0.1) is 0 Å². The van der Waals surface area contributed by atoms with Crippen LogP contribution in [-0.2, 0) is 12.8 Å². The molecule has 0 spiro atoms. The standard InChI is InChI=1S/C16H24O/c1-3-12-8-9-14(4-2)15(10-12)16(17)11-13-6-5-7-13/h8-10,13,16-17H,3-7,11H2,1-2H3. The molecule has 0 aromatic heterocycles. The highest BCUT2D eigenvalue weighted by atomic mass is 16.3. The molecule has 1 saturated carbocycles. The molecule has 94 valence electrons. The van der Waals surface area contributed by atoms with Gasteiger partial charge in [-0.3, -0.25) is 0 Å². The zero-order chi connectivity index (χ0) is 12.3. The highest BCUT2D eigenvalue weighted by molar-refractivity contribution is 5.34. The minimum Gasteiger partial charge on any atom is -0.388 e. The topological polar surface area (TPSA) is 20.2 Å². The minimum absolute atomic E-state index is 0.248. The summed E-state index contributed by atoms with van der Waals surface area (Å²) in [5.74, 6) is 0.764. The van der Waals surface area contributed by atoms with E-state index in [1.165, 1.54) is 36.0 Å². The van der Waals surface area contributed by atoms with Gasteiger partial charge in [-0.1, -0.05) is 51.3 Å². The molecule has 1 aromatic rings. The number of aliphatic hydroxyl groups is 1. The third-order valence-corrected chi connectivity index (χ3v) is 4.14. The molecule has 2 rings (SSSR count). The summed E-state index contributed by atoms with van der Waals surface area (Å²) < 4.78 is 0.